The second kappa shape index (κ2) is 7.80. The molecule has 0 aromatic carbocycles. The summed E-state index contributed by atoms with van der Waals surface area (Å²) < 4.78 is 7.01. The molecule has 126 valence electrons. The van der Waals surface area contributed by atoms with E-state index in [2.05, 4.69) is 19.9 Å². The molecule has 1 aliphatic carbocycles. The highest BCUT2D eigenvalue weighted by molar-refractivity contribution is 7.39. The molecule has 4 heteroatoms. The Morgan fingerprint density at radius 1 is 1.13 bits per heavy atom. The van der Waals surface area contributed by atoms with Crippen LogP contribution < -0.4 is 0 Å². The molecule has 0 spiro atoms. The van der Waals surface area contributed by atoms with Crippen LogP contribution in [-0.2, 0) is 11.2 Å². The van der Waals surface area contributed by atoms with E-state index in [1.54, 1.807) is 11.3 Å². The van der Waals surface area contributed by atoms with Gasteiger partial charge in [-0.15, -0.1) is 22.7 Å². The molecule has 0 radical (unpaired) electrons. The number of ether oxygens (including phenoxy) is 1. The highest BCUT2D eigenvalue weighted by atomic mass is 32.2. The lowest BCUT2D eigenvalue weighted by Crippen LogP contribution is -2.24. The number of rotatable bonds is 6. The average Bonchev–Trinajstić information content (AvgIpc) is 3.08. The van der Waals surface area contributed by atoms with Gasteiger partial charge in [-0.05, 0) is 50.2 Å². The van der Waals surface area contributed by atoms with E-state index in [4.69, 9.17) is 4.74 Å². The minimum absolute atomic E-state index is 0.116. The summed E-state index contributed by atoms with van der Waals surface area (Å²) in [5.74, 6) is 0.730. The quantitative estimate of drug-likeness (QED) is 0.561. The molecule has 1 fully saturated rings. The van der Waals surface area contributed by atoms with E-state index in [0.717, 1.165) is 30.1 Å². The van der Waals surface area contributed by atoms with Crippen molar-refractivity contribution in [2.24, 2.45) is 5.92 Å². The SMILES string of the molecule is CCCc1cc2cc(C(=O)O[C@H]3CC[C@H](CCC)CC3)sc2s1. The average molecular weight is 351 g/mol. The first-order chi connectivity index (χ1) is 11.2. The fourth-order valence-corrected chi connectivity index (χ4v) is 5.99. The van der Waals surface area contributed by atoms with Crippen molar-refractivity contribution in [3.8, 4) is 0 Å². The van der Waals surface area contributed by atoms with Crippen molar-refractivity contribution in [3.05, 3.63) is 21.9 Å². The number of carbonyl (C=O) groups excluding carboxylic acids is 1. The van der Waals surface area contributed by atoms with Crippen LogP contribution in [0, 0.1) is 5.92 Å². The standard InChI is InChI=1S/C19H26O2S2/c1-3-5-13-7-9-15(10-8-13)21-18(20)17-12-14-11-16(6-4-2)22-19(14)23-17/h11-13,15H,3-10H2,1-2H3/t13-,15-. The minimum Gasteiger partial charge on any atom is -0.458 e. The molecule has 2 nitrogen and oxygen atoms in total. The Labute approximate surface area is 146 Å². The molecule has 0 unspecified atom stereocenters. The molecule has 0 saturated heterocycles. The summed E-state index contributed by atoms with van der Waals surface area (Å²) in [5.41, 5.74) is 0. The number of fused-ring (bicyclic) bond motifs is 1. The van der Waals surface area contributed by atoms with Crippen LogP contribution in [0.2, 0.25) is 0 Å². The predicted octanol–water partition coefficient (Wildman–Crippen LogP) is 6.43. The lowest BCUT2D eigenvalue weighted by atomic mass is 9.85. The molecular weight excluding hydrogens is 324 g/mol. The van der Waals surface area contributed by atoms with Gasteiger partial charge < -0.3 is 4.74 Å². The smallest absolute Gasteiger partial charge is 0.348 e. The molecule has 3 rings (SSSR count). The number of aryl methyl sites for hydroxylation is 1. The highest BCUT2D eigenvalue weighted by Gasteiger charge is 2.24. The van der Waals surface area contributed by atoms with Crippen molar-refractivity contribution >= 4 is 38.0 Å². The number of hydrogen-bond donors (Lipinski definition) is 0. The third kappa shape index (κ3) is 4.16. The summed E-state index contributed by atoms with van der Waals surface area (Å²) in [5, 5.41) is 1.21. The first kappa shape index (κ1) is 17.0. The van der Waals surface area contributed by atoms with Crippen molar-refractivity contribution in [1.82, 2.24) is 0 Å². The zero-order chi connectivity index (χ0) is 16.2. The summed E-state index contributed by atoms with van der Waals surface area (Å²) in [4.78, 5) is 14.6. The topological polar surface area (TPSA) is 26.3 Å². The van der Waals surface area contributed by atoms with Gasteiger partial charge in [-0.3, -0.25) is 0 Å². The van der Waals surface area contributed by atoms with Crippen LogP contribution in [0.4, 0.5) is 0 Å². The highest BCUT2D eigenvalue weighted by Crippen LogP contribution is 2.35. The van der Waals surface area contributed by atoms with Gasteiger partial charge in [0, 0.05) is 10.3 Å². The van der Waals surface area contributed by atoms with Crippen molar-refractivity contribution < 1.29 is 9.53 Å². The molecule has 1 aliphatic rings. The van der Waals surface area contributed by atoms with Gasteiger partial charge in [-0.25, -0.2) is 4.79 Å². The number of esters is 1. The fraction of sp³-hybridized carbons (Fsp3) is 0.632. The maximum absolute atomic E-state index is 12.4. The molecule has 0 amide bonds. The van der Waals surface area contributed by atoms with Gasteiger partial charge in [0.2, 0.25) is 0 Å². The van der Waals surface area contributed by atoms with Gasteiger partial charge >= 0.3 is 5.97 Å². The lowest BCUT2D eigenvalue weighted by molar-refractivity contribution is 0.0167. The zero-order valence-electron chi connectivity index (χ0n) is 14.1. The summed E-state index contributed by atoms with van der Waals surface area (Å²) in [6, 6.07) is 4.24. The molecular formula is C19H26O2S2. The first-order valence-corrected chi connectivity index (χ1v) is 10.6. The number of thiophene rings is 2. The van der Waals surface area contributed by atoms with Crippen molar-refractivity contribution in [3.63, 3.8) is 0 Å². The summed E-state index contributed by atoms with van der Waals surface area (Å²) in [6.07, 6.45) is 9.52. The Morgan fingerprint density at radius 2 is 1.91 bits per heavy atom. The van der Waals surface area contributed by atoms with E-state index in [0.29, 0.717) is 0 Å². The maximum Gasteiger partial charge on any atom is 0.348 e. The van der Waals surface area contributed by atoms with Gasteiger partial charge in [-0.2, -0.15) is 0 Å². The zero-order valence-corrected chi connectivity index (χ0v) is 15.7. The summed E-state index contributed by atoms with van der Waals surface area (Å²) in [6.45, 7) is 4.45. The van der Waals surface area contributed by atoms with Gasteiger partial charge in [0.05, 0.1) is 4.01 Å². The normalized spacial score (nSPS) is 21.7. The Bertz CT molecular complexity index is 616. The maximum atomic E-state index is 12.4. The van der Waals surface area contributed by atoms with Gasteiger partial charge in [0.1, 0.15) is 11.0 Å². The largest absolute Gasteiger partial charge is 0.458 e. The molecule has 0 atom stereocenters. The molecule has 2 aromatic rings. The Kier molecular flexibility index (Phi) is 5.76. The van der Waals surface area contributed by atoms with E-state index in [9.17, 15) is 4.79 Å². The van der Waals surface area contributed by atoms with Gasteiger partial charge in [-0.1, -0.05) is 33.1 Å². The van der Waals surface area contributed by atoms with Crippen LogP contribution in [0.3, 0.4) is 0 Å². The third-order valence-corrected chi connectivity index (χ3v) is 7.16. The van der Waals surface area contributed by atoms with E-state index in [1.807, 2.05) is 17.4 Å². The van der Waals surface area contributed by atoms with E-state index < -0.39 is 0 Å². The molecule has 0 aliphatic heterocycles. The van der Waals surface area contributed by atoms with Crippen molar-refractivity contribution in [2.45, 2.75) is 71.3 Å². The third-order valence-electron chi connectivity index (χ3n) is 4.73. The summed E-state index contributed by atoms with van der Waals surface area (Å²) >= 11 is 3.42. The number of hydrogen-bond acceptors (Lipinski definition) is 4. The van der Waals surface area contributed by atoms with E-state index in [-0.39, 0.29) is 12.1 Å². The van der Waals surface area contributed by atoms with Crippen LogP contribution >= 0.6 is 22.7 Å². The van der Waals surface area contributed by atoms with Crippen LogP contribution in [0.1, 0.15) is 73.3 Å². The van der Waals surface area contributed by atoms with E-state index in [1.165, 1.54) is 46.4 Å². The summed E-state index contributed by atoms with van der Waals surface area (Å²) in [7, 11) is 0. The Hall–Kier alpha value is -0.870. The van der Waals surface area contributed by atoms with Crippen LogP contribution in [0.25, 0.3) is 9.40 Å². The monoisotopic (exact) mass is 350 g/mol. The molecule has 1 saturated carbocycles. The minimum atomic E-state index is -0.116. The van der Waals surface area contributed by atoms with Crippen LogP contribution in [-0.4, -0.2) is 12.1 Å². The molecule has 23 heavy (non-hydrogen) atoms. The van der Waals surface area contributed by atoms with Gasteiger partial charge in [0.15, 0.2) is 0 Å². The molecule has 2 aromatic heterocycles. The predicted molar refractivity (Wildman–Crippen MR) is 99.8 cm³/mol. The number of carbonyl (C=O) groups is 1. The second-order valence-corrected chi connectivity index (χ2v) is 9.10. The van der Waals surface area contributed by atoms with E-state index >= 15 is 0 Å². The Balaban J connectivity index is 1.57. The lowest BCUT2D eigenvalue weighted by Gasteiger charge is -2.27. The van der Waals surface area contributed by atoms with Crippen LogP contribution in [0.15, 0.2) is 12.1 Å². The molecule has 2 heterocycles. The molecule has 0 N–H and O–H groups in total. The van der Waals surface area contributed by atoms with Gasteiger partial charge in [0.25, 0.3) is 0 Å². The molecule has 0 bridgehead atoms. The first-order valence-electron chi connectivity index (χ1n) is 8.92. The fourth-order valence-electron chi connectivity index (χ4n) is 3.52. The van der Waals surface area contributed by atoms with Crippen LogP contribution in [0.5, 0.6) is 0 Å². The van der Waals surface area contributed by atoms with Crippen molar-refractivity contribution in [1.29, 1.82) is 0 Å². The van der Waals surface area contributed by atoms with Crippen molar-refractivity contribution in [2.75, 3.05) is 0 Å². The Morgan fingerprint density at radius 3 is 2.57 bits per heavy atom. The second-order valence-electron chi connectivity index (χ2n) is 6.65.